The number of para-hydroxylation sites is 1. The van der Waals surface area contributed by atoms with Gasteiger partial charge < -0.3 is 14.4 Å². The van der Waals surface area contributed by atoms with Crippen molar-refractivity contribution >= 4 is 60.2 Å². The summed E-state index contributed by atoms with van der Waals surface area (Å²) >= 11 is 7.07. The maximum Gasteiger partial charge on any atom is 0.228 e. The zero-order valence-corrected chi connectivity index (χ0v) is 23.3. The Morgan fingerprint density at radius 1 is 0.917 bits per heavy atom. The first-order valence-electron chi connectivity index (χ1n) is 12.1. The van der Waals surface area contributed by atoms with E-state index in [9.17, 15) is 0 Å². The number of nitrogens with zero attached hydrogens (tertiary/aromatic N) is 2. The summed E-state index contributed by atoms with van der Waals surface area (Å²) in [5.41, 5.74) is 2.30. The lowest BCUT2D eigenvalue weighted by molar-refractivity contribution is 0.0768. The Morgan fingerprint density at radius 2 is 1.67 bits per heavy atom. The Hall–Kier alpha value is -2.83. The minimum absolute atomic E-state index is 0.313. The Labute approximate surface area is 228 Å². The van der Waals surface area contributed by atoms with Gasteiger partial charge in [-0.15, -0.1) is 0 Å². The molecule has 0 N–H and O–H groups in total. The summed E-state index contributed by atoms with van der Waals surface area (Å²) in [5.74, 6) is 1.65. The molecule has 182 valence electrons. The van der Waals surface area contributed by atoms with Gasteiger partial charge in [0.2, 0.25) is 5.72 Å². The van der Waals surface area contributed by atoms with Crippen molar-refractivity contribution in [3.05, 3.63) is 93.4 Å². The number of ether oxygens (including phenoxy) is 2. The highest BCUT2D eigenvalue weighted by molar-refractivity contribution is 9.11. The zero-order chi connectivity index (χ0) is 24.9. The molecule has 1 unspecified atom stereocenters. The normalized spacial score (nSPS) is 19.3. The van der Waals surface area contributed by atoms with E-state index >= 15 is 0 Å². The summed E-state index contributed by atoms with van der Waals surface area (Å²) in [6, 6.07) is 27.1. The molecule has 0 saturated carbocycles. The van der Waals surface area contributed by atoms with Gasteiger partial charge in [-0.3, -0.25) is 4.99 Å². The summed E-state index contributed by atoms with van der Waals surface area (Å²) in [4.78, 5) is 7.41. The van der Waals surface area contributed by atoms with Crippen LogP contribution < -0.4 is 14.4 Å². The molecule has 36 heavy (non-hydrogen) atoms. The van der Waals surface area contributed by atoms with Gasteiger partial charge in [-0.1, -0.05) is 80.4 Å². The van der Waals surface area contributed by atoms with E-state index in [0.717, 1.165) is 49.9 Å². The van der Waals surface area contributed by atoms with Crippen molar-refractivity contribution in [2.75, 3.05) is 18.1 Å². The summed E-state index contributed by atoms with van der Waals surface area (Å²) in [7, 11) is 0. The van der Waals surface area contributed by atoms with Gasteiger partial charge in [0.1, 0.15) is 17.2 Å². The average molecular weight is 606 g/mol. The number of hydrogen-bond acceptors (Lipinski definition) is 4. The summed E-state index contributed by atoms with van der Waals surface area (Å²) in [5, 5.41) is 2.27. The number of halogens is 2. The van der Waals surface area contributed by atoms with Crippen molar-refractivity contribution in [1.82, 2.24) is 0 Å². The molecule has 2 aliphatic rings. The van der Waals surface area contributed by atoms with Crippen molar-refractivity contribution in [2.24, 2.45) is 4.99 Å². The summed E-state index contributed by atoms with van der Waals surface area (Å²) < 4.78 is 15.0. The van der Waals surface area contributed by atoms with Crippen LogP contribution in [0.3, 0.4) is 0 Å². The van der Waals surface area contributed by atoms with Crippen molar-refractivity contribution in [3.63, 3.8) is 0 Å². The van der Waals surface area contributed by atoms with Gasteiger partial charge in [-0.25, -0.2) is 0 Å². The highest BCUT2D eigenvalue weighted by atomic mass is 79.9. The Kier molecular flexibility index (Phi) is 5.84. The van der Waals surface area contributed by atoms with Gasteiger partial charge in [0.05, 0.1) is 18.2 Å². The Bertz CT molecular complexity index is 1480. The van der Waals surface area contributed by atoms with Gasteiger partial charge in [-0.2, -0.15) is 0 Å². The number of anilines is 1. The molecule has 1 atom stereocenters. The fraction of sp³-hybridized carbons (Fsp3) is 0.233. The Morgan fingerprint density at radius 3 is 2.50 bits per heavy atom. The van der Waals surface area contributed by atoms with Gasteiger partial charge in [0, 0.05) is 26.6 Å². The maximum atomic E-state index is 6.97. The first-order valence-corrected chi connectivity index (χ1v) is 13.7. The minimum atomic E-state index is -0.731. The van der Waals surface area contributed by atoms with E-state index in [0.29, 0.717) is 6.61 Å². The van der Waals surface area contributed by atoms with Gasteiger partial charge >= 0.3 is 0 Å². The van der Waals surface area contributed by atoms with E-state index in [1.165, 1.54) is 11.3 Å². The first kappa shape index (κ1) is 23.6. The molecule has 1 spiro atoms. The maximum absolute atomic E-state index is 6.97. The lowest BCUT2D eigenvalue weighted by atomic mass is 9.77. The quantitative estimate of drug-likeness (QED) is 0.214. The lowest BCUT2D eigenvalue weighted by Crippen LogP contribution is -2.62. The second kappa shape index (κ2) is 8.93. The molecule has 0 radical (unpaired) electrons. The number of benzene rings is 4. The molecule has 4 aromatic rings. The molecule has 0 aromatic heterocycles. The molecule has 0 saturated heterocycles. The molecule has 4 aromatic carbocycles. The smallest absolute Gasteiger partial charge is 0.228 e. The number of fused-ring (bicyclic) bond motifs is 4. The van der Waals surface area contributed by atoms with E-state index in [4.69, 9.17) is 14.5 Å². The van der Waals surface area contributed by atoms with Crippen LogP contribution >= 0.6 is 31.9 Å². The molecule has 0 bridgehead atoms. The third-order valence-electron chi connectivity index (χ3n) is 7.29. The van der Waals surface area contributed by atoms with Crippen LogP contribution in [-0.4, -0.2) is 25.1 Å². The molecule has 6 rings (SSSR count). The van der Waals surface area contributed by atoms with Crippen molar-refractivity contribution in [1.29, 1.82) is 0 Å². The number of rotatable bonds is 5. The van der Waals surface area contributed by atoms with Crippen LogP contribution in [0.2, 0.25) is 0 Å². The van der Waals surface area contributed by atoms with Gasteiger partial charge in [0.25, 0.3) is 0 Å². The zero-order valence-electron chi connectivity index (χ0n) is 20.2. The molecule has 2 aliphatic heterocycles. The van der Waals surface area contributed by atoms with Crippen LogP contribution in [-0.2, 0) is 5.41 Å². The van der Waals surface area contributed by atoms with Crippen LogP contribution in [0.15, 0.2) is 92.8 Å². The first-order chi connectivity index (χ1) is 17.4. The molecular weight excluding hydrogens is 580 g/mol. The molecule has 2 heterocycles. The SMILES string of the molecule is CC1(C)c2ccccc2N(CCCOc2cc(Br)cc(Br)c2)C12C=Nc1c(ccc3ccccc13)O2. The molecule has 4 nitrogen and oxygen atoms in total. The molecule has 0 amide bonds. The Balaban J connectivity index is 1.32. The van der Waals surface area contributed by atoms with Gasteiger partial charge in [-0.05, 0) is 61.5 Å². The highest BCUT2D eigenvalue weighted by Gasteiger charge is 2.59. The van der Waals surface area contributed by atoms with Crippen LogP contribution in [0.5, 0.6) is 11.5 Å². The van der Waals surface area contributed by atoms with Crippen LogP contribution in [0, 0.1) is 0 Å². The highest BCUT2D eigenvalue weighted by Crippen LogP contribution is 2.54. The van der Waals surface area contributed by atoms with Crippen molar-refractivity contribution < 1.29 is 9.47 Å². The van der Waals surface area contributed by atoms with Crippen LogP contribution in [0.4, 0.5) is 11.4 Å². The minimum Gasteiger partial charge on any atom is -0.493 e. The standard InChI is InChI=1S/C30H26Br2N2O2/c1-29(2)25-10-5-6-11-26(25)34(14-7-15-35-23-17-21(31)16-22(32)18-23)30(29)19-33-28-24-9-4-3-8-20(24)12-13-27(28)36-30/h3-6,8-13,16-19H,7,14-15H2,1-2H3. The van der Waals surface area contributed by atoms with Crippen molar-refractivity contribution in [3.8, 4) is 11.5 Å². The van der Waals surface area contributed by atoms with Gasteiger partial charge in [0.15, 0.2) is 0 Å². The van der Waals surface area contributed by atoms with Crippen LogP contribution in [0.1, 0.15) is 25.8 Å². The predicted octanol–water partition coefficient (Wildman–Crippen LogP) is 8.42. The second-order valence-electron chi connectivity index (χ2n) is 9.79. The van der Waals surface area contributed by atoms with E-state index < -0.39 is 5.72 Å². The number of hydrogen-bond donors (Lipinski definition) is 0. The van der Waals surface area contributed by atoms with Crippen LogP contribution in [0.25, 0.3) is 10.8 Å². The lowest BCUT2D eigenvalue weighted by Gasteiger charge is -2.46. The van der Waals surface area contributed by atoms with E-state index in [1.807, 2.05) is 30.5 Å². The van der Waals surface area contributed by atoms with Crippen molar-refractivity contribution in [2.45, 2.75) is 31.4 Å². The fourth-order valence-corrected chi connectivity index (χ4v) is 6.72. The average Bonchev–Trinajstić information content (AvgIpc) is 3.04. The third-order valence-corrected chi connectivity index (χ3v) is 8.21. The topological polar surface area (TPSA) is 34.1 Å². The molecular formula is C30H26Br2N2O2. The predicted molar refractivity (Wildman–Crippen MR) is 154 cm³/mol. The second-order valence-corrected chi connectivity index (χ2v) is 11.6. The van der Waals surface area contributed by atoms with E-state index in [2.05, 4.69) is 105 Å². The van der Waals surface area contributed by atoms with E-state index in [-0.39, 0.29) is 5.41 Å². The molecule has 6 heteroatoms. The largest absolute Gasteiger partial charge is 0.493 e. The summed E-state index contributed by atoms with van der Waals surface area (Å²) in [6.45, 7) is 5.86. The third kappa shape index (κ3) is 3.73. The summed E-state index contributed by atoms with van der Waals surface area (Å²) in [6.07, 6.45) is 2.85. The molecule has 0 aliphatic carbocycles. The monoisotopic (exact) mass is 604 g/mol. The number of aliphatic imine (C=N–C) groups is 1. The van der Waals surface area contributed by atoms with E-state index in [1.54, 1.807) is 0 Å². The fourth-order valence-electron chi connectivity index (χ4n) is 5.47. The molecule has 0 fully saturated rings.